The van der Waals surface area contributed by atoms with Crippen LogP contribution in [-0.4, -0.2) is 32.5 Å². The summed E-state index contributed by atoms with van der Waals surface area (Å²) in [6.45, 7) is 2.45. The normalized spacial score (nSPS) is 10.2. The summed E-state index contributed by atoms with van der Waals surface area (Å²) in [7, 11) is 2.96. The van der Waals surface area contributed by atoms with Crippen LogP contribution in [0.5, 0.6) is 17.2 Å². The van der Waals surface area contributed by atoms with Gasteiger partial charge in [0.25, 0.3) is 0 Å². The van der Waals surface area contributed by atoms with Crippen molar-refractivity contribution in [2.24, 2.45) is 0 Å². The molecule has 1 amide bonds. The van der Waals surface area contributed by atoms with Crippen LogP contribution in [0.25, 0.3) is 0 Å². The molecule has 0 aliphatic rings. The van der Waals surface area contributed by atoms with Crippen LogP contribution in [0.1, 0.15) is 30.1 Å². The fraction of sp³-hybridized carbons (Fsp3) is 0.300. The third-order valence-corrected chi connectivity index (χ3v) is 4.11. The third kappa shape index (κ3) is 5.62. The second-order valence-corrected chi connectivity index (χ2v) is 6.02. The first kappa shape index (κ1) is 20.6. The van der Waals surface area contributed by atoms with Gasteiger partial charge >= 0.3 is 0 Å². The summed E-state index contributed by atoms with van der Waals surface area (Å²) < 4.78 is 15.7. The van der Waals surface area contributed by atoms with Crippen molar-refractivity contribution in [2.45, 2.75) is 19.8 Å². The van der Waals surface area contributed by atoms with Gasteiger partial charge in [-0.1, -0.05) is 11.6 Å². The van der Waals surface area contributed by atoms with Crippen molar-refractivity contribution < 1.29 is 23.8 Å². The Bertz CT molecular complexity index is 805. The van der Waals surface area contributed by atoms with Gasteiger partial charge in [0.05, 0.1) is 31.5 Å². The molecule has 2 aromatic rings. The predicted octanol–water partition coefficient (Wildman–Crippen LogP) is 4.36. The summed E-state index contributed by atoms with van der Waals surface area (Å²) in [6, 6.07) is 9.99. The van der Waals surface area contributed by atoms with Gasteiger partial charge in [-0.3, -0.25) is 9.59 Å². The highest BCUT2D eigenvalue weighted by molar-refractivity contribution is 6.32. The number of hydrogen-bond acceptors (Lipinski definition) is 5. The fourth-order valence-corrected chi connectivity index (χ4v) is 2.68. The molecule has 0 aliphatic carbocycles. The van der Waals surface area contributed by atoms with Gasteiger partial charge in [-0.15, -0.1) is 0 Å². The lowest BCUT2D eigenvalue weighted by Crippen LogP contribution is -2.14. The van der Waals surface area contributed by atoms with Crippen molar-refractivity contribution in [3.63, 3.8) is 0 Å². The van der Waals surface area contributed by atoms with Gasteiger partial charge in [0.2, 0.25) is 5.91 Å². The Balaban J connectivity index is 1.97. The molecule has 2 aromatic carbocycles. The van der Waals surface area contributed by atoms with Crippen LogP contribution >= 0.6 is 11.6 Å². The smallest absolute Gasteiger partial charge is 0.224 e. The number of benzene rings is 2. The molecular weight excluding hydrogens is 370 g/mol. The molecule has 7 heteroatoms. The van der Waals surface area contributed by atoms with Gasteiger partial charge in [0.15, 0.2) is 5.78 Å². The maximum Gasteiger partial charge on any atom is 0.224 e. The molecule has 0 spiro atoms. The van der Waals surface area contributed by atoms with Crippen LogP contribution in [0.3, 0.4) is 0 Å². The Hall–Kier alpha value is -2.73. The van der Waals surface area contributed by atoms with Gasteiger partial charge in [-0.2, -0.15) is 0 Å². The molecular formula is C20H22ClNO5. The van der Waals surface area contributed by atoms with E-state index in [1.807, 2.05) is 6.92 Å². The molecule has 0 aromatic heterocycles. The molecule has 27 heavy (non-hydrogen) atoms. The van der Waals surface area contributed by atoms with E-state index in [1.165, 1.54) is 14.2 Å². The SMILES string of the molecule is CCOc1ccc(C(=O)CCC(=O)Nc2cc(OC)c(Cl)cc2OC)cc1. The first-order valence-corrected chi connectivity index (χ1v) is 8.83. The molecule has 2 rings (SSSR count). The van der Waals surface area contributed by atoms with Crippen molar-refractivity contribution in [1.29, 1.82) is 0 Å². The Morgan fingerprint density at radius 3 is 2.26 bits per heavy atom. The molecule has 0 bridgehead atoms. The van der Waals surface area contributed by atoms with Gasteiger partial charge < -0.3 is 19.5 Å². The predicted molar refractivity (Wildman–Crippen MR) is 104 cm³/mol. The highest BCUT2D eigenvalue weighted by Crippen LogP contribution is 2.35. The largest absolute Gasteiger partial charge is 0.495 e. The number of rotatable bonds is 9. The van der Waals surface area contributed by atoms with E-state index in [-0.39, 0.29) is 24.5 Å². The Labute approximate surface area is 163 Å². The number of halogens is 1. The van der Waals surface area contributed by atoms with Crippen molar-refractivity contribution >= 4 is 29.0 Å². The quantitative estimate of drug-likeness (QED) is 0.643. The number of Topliss-reactive ketones (excluding diaryl/α,β-unsaturated/α-hetero) is 1. The van der Waals surface area contributed by atoms with E-state index in [4.69, 9.17) is 25.8 Å². The lowest BCUT2D eigenvalue weighted by atomic mass is 10.1. The maximum atomic E-state index is 12.3. The summed E-state index contributed by atoms with van der Waals surface area (Å²) in [5.41, 5.74) is 0.967. The van der Waals surface area contributed by atoms with E-state index in [0.717, 1.165) is 0 Å². The molecule has 0 saturated carbocycles. The van der Waals surface area contributed by atoms with E-state index in [1.54, 1.807) is 36.4 Å². The van der Waals surface area contributed by atoms with Gasteiger partial charge in [0, 0.05) is 30.5 Å². The summed E-state index contributed by atoms with van der Waals surface area (Å²) in [5, 5.41) is 3.09. The maximum absolute atomic E-state index is 12.3. The number of ketones is 1. The van der Waals surface area contributed by atoms with E-state index in [0.29, 0.717) is 40.1 Å². The molecule has 0 saturated heterocycles. The topological polar surface area (TPSA) is 73.9 Å². The monoisotopic (exact) mass is 391 g/mol. The van der Waals surface area contributed by atoms with Crippen LogP contribution in [0.15, 0.2) is 36.4 Å². The second-order valence-electron chi connectivity index (χ2n) is 5.62. The minimum atomic E-state index is -0.308. The van der Waals surface area contributed by atoms with E-state index in [2.05, 4.69) is 5.32 Å². The lowest BCUT2D eigenvalue weighted by Gasteiger charge is -2.13. The van der Waals surface area contributed by atoms with E-state index >= 15 is 0 Å². The molecule has 144 valence electrons. The zero-order valence-electron chi connectivity index (χ0n) is 15.5. The highest BCUT2D eigenvalue weighted by atomic mass is 35.5. The number of carbonyl (C=O) groups excluding carboxylic acids is 2. The summed E-state index contributed by atoms with van der Waals surface area (Å²) in [5.74, 6) is 1.10. The average molecular weight is 392 g/mol. The Kier molecular flexibility index (Phi) is 7.49. The average Bonchev–Trinajstić information content (AvgIpc) is 2.68. The van der Waals surface area contributed by atoms with Crippen molar-refractivity contribution in [1.82, 2.24) is 0 Å². The van der Waals surface area contributed by atoms with E-state index in [9.17, 15) is 9.59 Å². The molecule has 0 atom stereocenters. The summed E-state index contributed by atoms with van der Waals surface area (Å²) >= 11 is 6.05. The number of methoxy groups -OCH3 is 2. The number of nitrogens with one attached hydrogen (secondary N) is 1. The number of ether oxygens (including phenoxy) is 3. The van der Waals surface area contributed by atoms with Gasteiger partial charge in [0.1, 0.15) is 17.2 Å². The molecule has 0 fully saturated rings. The zero-order chi connectivity index (χ0) is 19.8. The standard InChI is InChI=1S/C20H22ClNO5/c1-4-27-14-7-5-13(6-8-14)17(23)9-10-20(24)22-16-12-18(25-2)15(21)11-19(16)26-3/h5-8,11-12H,4,9-10H2,1-3H3,(H,22,24). The van der Waals surface area contributed by atoms with Crippen molar-refractivity contribution in [2.75, 3.05) is 26.1 Å². The van der Waals surface area contributed by atoms with Crippen molar-refractivity contribution in [3.05, 3.63) is 47.0 Å². The van der Waals surface area contributed by atoms with Crippen LogP contribution in [-0.2, 0) is 4.79 Å². The second kappa shape index (κ2) is 9.83. The van der Waals surface area contributed by atoms with Crippen molar-refractivity contribution in [3.8, 4) is 17.2 Å². The zero-order valence-corrected chi connectivity index (χ0v) is 16.3. The number of carbonyl (C=O) groups is 2. The Morgan fingerprint density at radius 2 is 1.67 bits per heavy atom. The van der Waals surface area contributed by atoms with Crippen LogP contribution in [0.4, 0.5) is 5.69 Å². The molecule has 0 unspecified atom stereocenters. The van der Waals surface area contributed by atoms with Crippen LogP contribution < -0.4 is 19.5 Å². The number of anilines is 1. The van der Waals surface area contributed by atoms with E-state index < -0.39 is 0 Å². The minimum absolute atomic E-state index is 0.0418. The minimum Gasteiger partial charge on any atom is -0.495 e. The fourth-order valence-electron chi connectivity index (χ4n) is 2.45. The van der Waals surface area contributed by atoms with Crippen LogP contribution in [0, 0.1) is 0 Å². The molecule has 0 radical (unpaired) electrons. The summed E-state index contributed by atoms with van der Waals surface area (Å²) in [4.78, 5) is 24.5. The Morgan fingerprint density at radius 1 is 1.00 bits per heavy atom. The molecule has 0 aliphatic heterocycles. The van der Waals surface area contributed by atoms with Gasteiger partial charge in [-0.25, -0.2) is 0 Å². The van der Waals surface area contributed by atoms with Gasteiger partial charge in [-0.05, 0) is 31.2 Å². The molecule has 6 nitrogen and oxygen atoms in total. The number of hydrogen-bond donors (Lipinski definition) is 1. The lowest BCUT2D eigenvalue weighted by molar-refractivity contribution is -0.116. The first-order valence-electron chi connectivity index (χ1n) is 8.46. The molecule has 0 heterocycles. The number of amides is 1. The highest BCUT2D eigenvalue weighted by Gasteiger charge is 2.14. The summed E-state index contributed by atoms with van der Waals surface area (Å²) in [6.07, 6.45) is 0.132. The van der Waals surface area contributed by atoms with Crippen LogP contribution in [0.2, 0.25) is 5.02 Å². The molecule has 1 N–H and O–H groups in total. The third-order valence-electron chi connectivity index (χ3n) is 3.81. The first-order chi connectivity index (χ1) is 13.0.